The van der Waals surface area contributed by atoms with Crippen LogP contribution in [0.2, 0.25) is 0 Å². The maximum atomic E-state index is 13.2. The molecule has 134 valence electrons. The minimum Gasteiger partial charge on any atom is -0.493 e. The van der Waals surface area contributed by atoms with Gasteiger partial charge in [-0.1, -0.05) is 48.0 Å². The summed E-state index contributed by atoms with van der Waals surface area (Å²) in [6.07, 6.45) is 0. The number of benzene rings is 2. The Labute approximate surface area is 156 Å². The van der Waals surface area contributed by atoms with Crippen LogP contribution in [0.4, 0.5) is 0 Å². The highest BCUT2D eigenvalue weighted by molar-refractivity contribution is 5.75. The van der Waals surface area contributed by atoms with Gasteiger partial charge in [-0.05, 0) is 49.6 Å². The van der Waals surface area contributed by atoms with Crippen molar-refractivity contribution in [3.05, 3.63) is 81.6 Å². The van der Waals surface area contributed by atoms with Gasteiger partial charge < -0.3 is 5.11 Å². The molecule has 2 heterocycles. The molecule has 0 saturated heterocycles. The molecule has 5 nitrogen and oxygen atoms in total. The second kappa shape index (κ2) is 6.36. The van der Waals surface area contributed by atoms with E-state index in [1.807, 2.05) is 63.2 Å². The zero-order chi connectivity index (χ0) is 19.1. The third-order valence-electron chi connectivity index (χ3n) is 4.66. The van der Waals surface area contributed by atoms with Crippen LogP contribution in [0.5, 0.6) is 5.88 Å². The molecule has 0 aliphatic rings. The molecule has 2 aromatic heterocycles. The zero-order valence-electron chi connectivity index (χ0n) is 15.4. The first-order valence-corrected chi connectivity index (χ1v) is 8.72. The fourth-order valence-electron chi connectivity index (χ4n) is 3.57. The lowest BCUT2D eigenvalue weighted by Gasteiger charge is -2.13. The number of nitrogens with zero attached hydrogens (tertiary/aromatic N) is 3. The second-order valence-corrected chi connectivity index (χ2v) is 6.74. The van der Waals surface area contributed by atoms with Crippen LogP contribution in [0.25, 0.3) is 28.0 Å². The molecule has 0 spiro atoms. The van der Waals surface area contributed by atoms with Crippen molar-refractivity contribution in [1.82, 2.24) is 14.6 Å². The van der Waals surface area contributed by atoms with E-state index in [1.54, 1.807) is 12.1 Å². The number of aromatic hydroxyl groups is 1. The Kier molecular flexibility index (Phi) is 4.00. The third kappa shape index (κ3) is 2.87. The van der Waals surface area contributed by atoms with Crippen molar-refractivity contribution in [2.45, 2.75) is 20.8 Å². The van der Waals surface area contributed by atoms with Crippen LogP contribution in [0.1, 0.15) is 16.7 Å². The highest BCUT2D eigenvalue weighted by atomic mass is 16.3. The van der Waals surface area contributed by atoms with Gasteiger partial charge in [-0.3, -0.25) is 4.79 Å². The lowest BCUT2D eigenvalue weighted by atomic mass is 9.95. The van der Waals surface area contributed by atoms with Crippen LogP contribution in [0.3, 0.4) is 0 Å². The number of hydrogen-bond acceptors (Lipinski definition) is 4. The number of fused-ring (bicyclic) bond motifs is 1. The lowest BCUT2D eigenvalue weighted by Crippen LogP contribution is -2.20. The summed E-state index contributed by atoms with van der Waals surface area (Å²) in [6, 6.07) is 17.1. The maximum Gasteiger partial charge on any atom is 0.286 e. The molecule has 4 aromatic rings. The topological polar surface area (TPSA) is 67.5 Å². The first-order valence-electron chi connectivity index (χ1n) is 8.72. The Morgan fingerprint density at radius 1 is 0.889 bits per heavy atom. The van der Waals surface area contributed by atoms with E-state index in [4.69, 9.17) is 0 Å². The lowest BCUT2D eigenvalue weighted by molar-refractivity contribution is 0.454. The summed E-state index contributed by atoms with van der Waals surface area (Å²) < 4.78 is 1.26. The van der Waals surface area contributed by atoms with E-state index in [9.17, 15) is 9.90 Å². The molecular formula is C22H19N3O2. The van der Waals surface area contributed by atoms with Gasteiger partial charge in [0.25, 0.3) is 5.56 Å². The summed E-state index contributed by atoms with van der Waals surface area (Å²) in [4.78, 5) is 17.4. The summed E-state index contributed by atoms with van der Waals surface area (Å²) in [7, 11) is 0. The van der Waals surface area contributed by atoms with Crippen LogP contribution < -0.4 is 5.56 Å². The average molecular weight is 357 g/mol. The van der Waals surface area contributed by atoms with E-state index in [1.165, 1.54) is 4.52 Å². The van der Waals surface area contributed by atoms with Crippen molar-refractivity contribution in [3.63, 3.8) is 0 Å². The maximum absolute atomic E-state index is 13.2. The standard InChI is InChI=1S/C22H19N3O2/c1-13-11-14(2)19(15(3)12-13)20-21(26)23-18-10-9-17(24-25(18)22(20)27)16-7-5-4-6-8-16/h4-12,26H,1-3H3. The first-order chi connectivity index (χ1) is 13.0. The minimum atomic E-state index is -0.384. The van der Waals surface area contributed by atoms with Gasteiger partial charge in [0.2, 0.25) is 5.88 Å². The normalized spacial score (nSPS) is 11.1. The third-order valence-corrected chi connectivity index (χ3v) is 4.66. The van der Waals surface area contributed by atoms with Crippen molar-refractivity contribution < 1.29 is 5.11 Å². The molecule has 4 rings (SSSR count). The van der Waals surface area contributed by atoms with Crippen LogP contribution in [0.15, 0.2) is 59.4 Å². The fourth-order valence-corrected chi connectivity index (χ4v) is 3.57. The van der Waals surface area contributed by atoms with Crippen LogP contribution in [-0.4, -0.2) is 19.7 Å². The minimum absolute atomic E-state index is 0.181. The van der Waals surface area contributed by atoms with Crippen LogP contribution in [-0.2, 0) is 0 Å². The Morgan fingerprint density at radius 2 is 1.56 bits per heavy atom. The first kappa shape index (κ1) is 17.0. The second-order valence-electron chi connectivity index (χ2n) is 6.74. The van der Waals surface area contributed by atoms with Gasteiger partial charge >= 0.3 is 0 Å². The van der Waals surface area contributed by atoms with Crippen molar-refractivity contribution in [2.24, 2.45) is 0 Å². The smallest absolute Gasteiger partial charge is 0.286 e. The number of rotatable bonds is 2. The summed E-state index contributed by atoms with van der Waals surface area (Å²) in [5.74, 6) is -0.274. The number of aromatic nitrogens is 3. The Bertz CT molecular complexity index is 1200. The molecule has 0 amide bonds. The SMILES string of the molecule is Cc1cc(C)c(-c2c(O)nc3ccc(-c4ccccc4)nn3c2=O)c(C)c1. The monoisotopic (exact) mass is 357 g/mol. The molecule has 27 heavy (non-hydrogen) atoms. The van der Waals surface area contributed by atoms with Gasteiger partial charge in [-0.25, -0.2) is 0 Å². The molecular weight excluding hydrogens is 338 g/mol. The molecule has 5 heteroatoms. The highest BCUT2D eigenvalue weighted by Crippen LogP contribution is 2.31. The van der Waals surface area contributed by atoms with E-state index >= 15 is 0 Å². The zero-order valence-corrected chi connectivity index (χ0v) is 15.4. The molecule has 0 aliphatic carbocycles. The number of hydrogen-bond donors (Lipinski definition) is 1. The average Bonchev–Trinajstić information content (AvgIpc) is 2.64. The largest absolute Gasteiger partial charge is 0.493 e. The molecule has 0 saturated carbocycles. The van der Waals surface area contributed by atoms with Crippen LogP contribution in [0, 0.1) is 20.8 Å². The van der Waals surface area contributed by atoms with Gasteiger partial charge in [0, 0.05) is 5.56 Å². The molecule has 2 aromatic carbocycles. The van der Waals surface area contributed by atoms with Crippen molar-refractivity contribution in [1.29, 1.82) is 0 Å². The molecule has 0 bridgehead atoms. The van der Waals surface area contributed by atoms with Gasteiger partial charge in [0.1, 0.15) is 5.56 Å². The fraction of sp³-hybridized carbons (Fsp3) is 0.136. The van der Waals surface area contributed by atoms with E-state index in [-0.39, 0.29) is 17.0 Å². The van der Waals surface area contributed by atoms with E-state index < -0.39 is 0 Å². The van der Waals surface area contributed by atoms with E-state index in [0.717, 1.165) is 22.3 Å². The quantitative estimate of drug-likeness (QED) is 0.588. The summed E-state index contributed by atoms with van der Waals surface area (Å²) in [6.45, 7) is 5.86. The summed E-state index contributed by atoms with van der Waals surface area (Å²) in [5.41, 5.74) is 5.32. The molecule has 0 fully saturated rings. The molecule has 0 atom stereocenters. The number of aryl methyl sites for hydroxylation is 3. The van der Waals surface area contributed by atoms with Gasteiger partial charge in [0.15, 0.2) is 5.65 Å². The van der Waals surface area contributed by atoms with E-state index in [0.29, 0.717) is 16.9 Å². The van der Waals surface area contributed by atoms with E-state index in [2.05, 4.69) is 10.1 Å². The van der Waals surface area contributed by atoms with Gasteiger partial charge in [0.05, 0.1) is 5.69 Å². The molecule has 1 N–H and O–H groups in total. The van der Waals surface area contributed by atoms with Crippen LogP contribution >= 0.6 is 0 Å². The van der Waals surface area contributed by atoms with Gasteiger partial charge in [-0.15, -0.1) is 0 Å². The van der Waals surface area contributed by atoms with Gasteiger partial charge in [-0.2, -0.15) is 14.6 Å². The summed E-state index contributed by atoms with van der Waals surface area (Å²) >= 11 is 0. The van der Waals surface area contributed by atoms with Crippen molar-refractivity contribution in [3.8, 4) is 28.3 Å². The predicted molar refractivity (Wildman–Crippen MR) is 106 cm³/mol. The molecule has 0 radical (unpaired) electrons. The Balaban J connectivity index is 2.02. The highest BCUT2D eigenvalue weighted by Gasteiger charge is 2.19. The summed E-state index contributed by atoms with van der Waals surface area (Å²) in [5, 5.41) is 15.0. The van der Waals surface area contributed by atoms with Crippen molar-refractivity contribution in [2.75, 3.05) is 0 Å². The predicted octanol–water partition coefficient (Wildman–Crippen LogP) is 4.05. The Morgan fingerprint density at radius 3 is 2.22 bits per heavy atom. The Hall–Kier alpha value is -3.47. The van der Waals surface area contributed by atoms with Crippen molar-refractivity contribution >= 4 is 5.65 Å². The molecule has 0 unspecified atom stereocenters. The molecule has 0 aliphatic heterocycles.